The van der Waals surface area contributed by atoms with Crippen LogP contribution in [0.15, 0.2) is 12.2 Å². The summed E-state index contributed by atoms with van der Waals surface area (Å²) in [5, 5.41) is 10.2. The third kappa shape index (κ3) is 2.60. The third-order valence-electron chi connectivity index (χ3n) is 10.3. The van der Waals surface area contributed by atoms with E-state index in [1.54, 1.807) is 0 Å². The van der Waals surface area contributed by atoms with E-state index in [1.165, 1.54) is 63.4 Å². The molecular weight excluding hydrogens is 332 g/mol. The van der Waals surface area contributed by atoms with E-state index in [0.29, 0.717) is 17.8 Å². The molecule has 5 aliphatic rings. The second-order valence-electron chi connectivity index (χ2n) is 11.0. The van der Waals surface area contributed by atoms with Crippen LogP contribution in [-0.4, -0.2) is 11.1 Å². The largest absolute Gasteiger partial charge is 0.481 e. The Morgan fingerprint density at radius 3 is 2.22 bits per heavy atom. The summed E-state index contributed by atoms with van der Waals surface area (Å²) in [5.74, 6) is 5.69. The number of hydrogen-bond acceptors (Lipinski definition) is 1. The Bertz CT molecular complexity index is 624. The highest BCUT2D eigenvalue weighted by Gasteiger charge is 2.62. The summed E-state index contributed by atoms with van der Waals surface area (Å²) in [5.41, 5.74) is 0.821. The second-order valence-corrected chi connectivity index (χ2v) is 11.0. The van der Waals surface area contributed by atoms with Gasteiger partial charge in [0.15, 0.2) is 0 Å². The predicted octanol–water partition coefficient (Wildman–Crippen LogP) is 6.31. The van der Waals surface area contributed by atoms with E-state index < -0.39 is 11.4 Å². The van der Waals surface area contributed by atoms with Crippen molar-refractivity contribution in [2.45, 2.75) is 84.0 Å². The molecular formula is C25H38O2. The molecule has 0 amide bonds. The summed E-state index contributed by atoms with van der Waals surface area (Å²) in [6, 6.07) is 0. The first-order chi connectivity index (χ1) is 13.0. The Morgan fingerprint density at radius 2 is 1.44 bits per heavy atom. The maximum atomic E-state index is 12.4. The minimum Gasteiger partial charge on any atom is -0.481 e. The van der Waals surface area contributed by atoms with Gasteiger partial charge in [0.2, 0.25) is 0 Å². The molecule has 0 aromatic carbocycles. The highest BCUT2D eigenvalue weighted by Crippen LogP contribution is 2.66. The van der Waals surface area contributed by atoms with Gasteiger partial charge in [-0.05, 0) is 112 Å². The lowest BCUT2D eigenvalue weighted by Crippen LogP contribution is -2.53. The van der Waals surface area contributed by atoms with E-state index in [-0.39, 0.29) is 0 Å². The Labute approximate surface area is 165 Å². The third-order valence-corrected chi connectivity index (χ3v) is 10.3. The highest BCUT2D eigenvalue weighted by molar-refractivity contribution is 5.76. The van der Waals surface area contributed by atoms with Crippen LogP contribution in [0.1, 0.15) is 84.0 Å². The van der Waals surface area contributed by atoms with Gasteiger partial charge in [0.1, 0.15) is 0 Å². The average molecular weight is 371 g/mol. The molecule has 9 unspecified atom stereocenters. The highest BCUT2D eigenvalue weighted by atomic mass is 16.4. The molecule has 150 valence electrons. The van der Waals surface area contributed by atoms with Crippen LogP contribution in [0, 0.1) is 52.8 Å². The maximum absolute atomic E-state index is 12.4. The minimum absolute atomic E-state index is 0.372. The van der Waals surface area contributed by atoms with E-state index >= 15 is 0 Å². The fraction of sp³-hybridized carbons (Fsp3) is 0.880. The Balaban J connectivity index is 1.44. The minimum atomic E-state index is -0.493. The van der Waals surface area contributed by atoms with Crippen LogP contribution in [-0.2, 0) is 4.79 Å². The van der Waals surface area contributed by atoms with E-state index in [2.05, 4.69) is 13.5 Å². The van der Waals surface area contributed by atoms with Gasteiger partial charge < -0.3 is 5.11 Å². The quantitative estimate of drug-likeness (QED) is 0.578. The number of carbonyl (C=O) groups is 1. The molecule has 0 radical (unpaired) electrons. The molecule has 0 bridgehead atoms. The van der Waals surface area contributed by atoms with Crippen molar-refractivity contribution in [2.75, 3.05) is 0 Å². The molecule has 1 N–H and O–H groups in total. The second kappa shape index (κ2) is 6.63. The molecule has 27 heavy (non-hydrogen) atoms. The number of rotatable bonds is 2. The van der Waals surface area contributed by atoms with Crippen LogP contribution >= 0.6 is 0 Å². The Hall–Kier alpha value is -0.790. The van der Waals surface area contributed by atoms with Gasteiger partial charge in [-0.2, -0.15) is 0 Å². The predicted molar refractivity (Wildman–Crippen MR) is 108 cm³/mol. The van der Waals surface area contributed by atoms with Gasteiger partial charge in [0.05, 0.1) is 5.41 Å². The van der Waals surface area contributed by atoms with Crippen LogP contribution in [0.2, 0.25) is 0 Å². The smallest absolute Gasteiger partial charge is 0.309 e. The van der Waals surface area contributed by atoms with Crippen molar-refractivity contribution in [2.24, 2.45) is 52.8 Å². The summed E-state index contributed by atoms with van der Waals surface area (Å²) < 4.78 is 0. The van der Waals surface area contributed by atoms with Gasteiger partial charge in [0.25, 0.3) is 0 Å². The summed E-state index contributed by atoms with van der Waals surface area (Å²) in [7, 11) is 0. The van der Waals surface area contributed by atoms with Crippen molar-refractivity contribution in [3.05, 3.63) is 12.2 Å². The molecule has 0 saturated heterocycles. The molecule has 9 atom stereocenters. The standard InChI is InChI=1S/C25H38O2/c1-15(2)17-11-13-25(24(26)27)14-12-21-20-8-7-16-5-3-4-6-18(16)19(20)9-10-22(21)23(17)25/h16-23H,1,3-14H2,2H3,(H,26,27). The number of hydrogen-bond donors (Lipinski definition) is 1. The number of carboxylic acid groups (broad SMARTS) is 1. The topological polar surface area (TPSA) is 37.3 Å². The number of fused-ring (bicyclic) bond motifs is 7. The monoisotopic (exact) mass is 370 g/mol. The molecule has 5 saturated carbocycles. The normalized spacial score (nSPS) is 51.4. The van der Waals surface area contributed by atoms with Gasteiger partial charge >= 0.3 is 5.97 Å². The molecule has 2 heteroatoms. The lowest BCUT2D eigenvalue weighted by molar-refractivity contribution is -0.163. The fourth-order valence-corrected chi connectivity index (χ4v) is 9.32. The summed E-state index contributed by atoms with van der Waals surface area (Å²) in [4.78, 5) is 12.4. The number of allylic oxidation sites excluding steroid dienone is 1. The van der Waals surface area contributed by atoms with Gasteiger partial charge in [-0.1, -0.05) is 31.4 Å². The average Bonchev–Trinajstić information content (AvgIpc) is 3.09. The number of carboxylic acids is 1. The van der Waals surface area contributed by atoms with Crippen molar-refractivity contribution in [1.29, 1.82) is 0 Å². The summed E-state index contributed by atoms with van der Waals surface area (Å²) in [6.07, 6.45) is 15.6. The Morgan fingerprint density at radius 1 is 0.815 bits per heavy atom. The Kier molecular flexibility index (Phi) is 4.48. The van der Waals surface area contributed by atoms with Gasteiger partial charge in [-0.3, -0.25) is 4.79 Å². The molecule has 0 spiro atoms. The molecule has 5 fully saturated rings. The first-order valence-electron chi connectivity index (χ1n) is 11.9. The molecule has 0 aromatic rings. The van der Waals surface area contributed by atoms with Crippen LogP contribution < -0.4 is 0 Å². The molecule has 5 aliphatic carbocycles. The van der Waals surface area contributed by atoms with E-state index in [1.807, 2.05) is 0 Å². The molecule has 2 nitrogen and oxygen atoms in total. The molecule has 0 aromatic heterocycles. The van der Waals surface area contributed by atoms with Crippen molar-refractivity contribution in [3.63, 3.8) is 0 Å². The van der Waals surface area contributed by atoms with Crippen molar-refractivity contribution in [1.82, 2.24) is 0 Å². The molecule has 0 aliphatic heterocycles. The molecule has 5 rings (SSSR count). The van der Waals surface area contributed by atoms with Crippen LogP contribution in [0.25, 0.3) is 0 Å². The SMILES string of the molecule is C=C(C)C1CCC2(C(=O)O)CCC3C4CCC5CCCCC5C4CCC3C12. The van der Waals surface area contributed by atoms with E-state index in [9.17, 15) is 9.90 Å². The van der Waals surface area contributed by atoms with E-state index in [4.69, 9.17) is 0 Å². The first-order valence-corrected chi connectivity index (χ1v) is 11.9. The maximum Gasteiger partial charge on any atom is 0.309 e. The van der Waals surface area contributed by atoms with Crippen LogP contribution in [0.4, 0.5) is 0 Å². The summed E-state index contributed by atoms with van der Waals surface area (Å²) in [6.45, 7) is 6.46. The number of aliphatic carboxylic acids is 1. The van der Waals surface area contributed by atoms with E-state index in [0.717, 1.165) is 48.9 Å². The van der Waals surface area contributed by atoms with Gasteiger partial charge in [0, 0.05) is 0 Å². The zero-order chi connectivity index (χ0) is 18.8. The van der Waals surface area contributed by atoms with Crippen molar-refractivity contribution < 1.29 is 9.90 Å². The zero-order valence-corrected chi connectivity index (χ0v) is 17.2. The summed E-state index contributed by atoms with van der Waals surface area (Å²) >= 11 is 0. The lowest BCUT2D eigenvalue weighted by atomic mass is 9.46. The van der Waals surface area contributed by atoms with Crippen LogP contribution in [0.5, 0.6) is 0 Å². The first kappa shape index (κ1) is 18.3. The van der Waals surface area contributed by atoms with Gasteiger partial charge in [-0.15, -0.1) is 0 Å². The van der Waals surface area contributed by atoms with Crippen molar-refractivity contribution in [3.8, 4) is 0 Å². The fourth-order valence-electron chi connectivity index (χ4n) is 9.32. The molecule has 0 heterocycles. The lowest BCUT2D eigenvalue weighted by Gasteiger charge is -2.58. The zero-order valence-electron chi connectivity index (χ0n) is 17.2. The van der Waals surface area contributed by atoms with Crippen molar-refractivity contribution >= 4 is 5.97 Å². The van der Waals surface area contributed by atoms with Crippen LogP contribution in [0.3, 0.4) is 0 Å². The van der Waals surface area contributed by atoms with Gasteiger partial charge in [-0.25, -0.2) is 0 Å².